The summed E-state index contributed by atoms with van der Waals surface area (Å²) in [6, 6.07) is 2.17. The molecule has 0 aliphatic carbocycles. The van der Waals surface area contributed by atoms with E-state index in [1.807, 2.05) is 16.9 Å². The second-order valence-corrected chi connectivity index (χ2v) is 4.20. The fourth-order valence-corrected chi connectivity index (χ4v) is 1.56. The lowest BCUT2D eigenvalue weighted by Gasteiger charge is -2.07. The van der Waals surface area contributed by atoms with E-state index in [0.29, 0.717) is 12.5 Å². The van der Waals surface area contributed by atoms with Crippen LogP contribution in [0.3, 0.4) is 0 Å². The van der Waals surface area contributed by atoms with Crippen molar-refractivity contribution in [3.8, 4) is 0 Å². The van der Waals surface area contributed by atoms with Crippen LogP contribution in [-0.2, 0) is 6.42 Å². The zero-order valence-electron chi connectivity index (χ0n) is 9.50. The number of aliphatic hydroxyl groups is 1. The normalized spacial score (nSPS) is 13.2. The van der Waals surface area contributed by atoms with Crippen LogP contribution >= 0.6 is 0 Å². The highest BCUT2D eigenvalue weighted by molar-refractivity contribution is 5.14. The molecular weight excluding hydrogens is 204 g/mol. The minimum Gasteiger partial charge on any atom is -0.472 e. The van der Waals surface area contributed by atoms with Crippen LogP contribution < -0.4 is 0 Å². The molecule has 2 rings (SSSR count). The van der Waals surface area contributed by atoms with Crippen LogP contribution in [0.5, 0.6) is 0 Å². The van der Waals surface area contributed by atoms with E-state index in [1.54, 1.807) is 18.7 Å². The number of hydrogen-bond acceptors (Lipinski definition) is 3. The monoisotopic (exact) mass is 220 g/mol. The Balaban J connectivity index is 2.06. The van der Waals surface area contributed by atoms with Crippen LogP contribution in [0.2, 0.25) is 0 Å². The summed E-state index contributed by atoms with van der Waals surface area (Å²) in [4.78, 5) is 0. The molecule has 0 aromatic carbocycles. The highest BCUT2D eigenvalue weighted by Gasteiger charge is 2.12. The summed E-state index contributed by atoms with van der Waals surface area (Å²) >= 11 is 0. The summed E-state index contributed by atoms with van der Waals surface area (Å²) in [7, 11) is 0. The van der Waals surface area contributed by atoms with E-state index in [-0.39, 0.29) is 0 Å². The van der Waals surface area contributed by atoms with Gasteiger partial charge >= 0.3 is 0 Å². The Morgan fingerprint density at radius 1 is 1.50 bits per heavy atom. The number of hydrogen-bond donors (Lipinski definition) is 1. The Labute approximate surface area is 94.5 Å². The molecule has 86 valence electrons. The Hall–Kier alpha value is -1.55. The Morgan fingerprint density at radius 3 is 2.88 bits per heavy atom. The highest BCUT2D eigenvalue weighted by Crippen LogP contribution is 2.19. The molecule has 0 amide bonds. The standard InChI is InChI=1S/C12H16N2O2/c1-9(2)14-7-11(6-13-14)12(15)5-10-3-4-16-8-10/h3-4,6-9,12,15H,5H2,1-2H3. The van der Waals surface area contributed by atoms with Crippen molar-refractivity contribution in [2.45, 2.75) is 32.4 Å². The van der Waals surface area contributed by atoms with Gasteiger partial charge in [-0.15, -0.1) is 0 Å². The molecule has 1 unspecified atom stereocenters. The molecule has 2 aromatic rings. The summed E-state index contributed by atoms with van der Waals surface area (Å²) < 4.78 is 6.80. The summed E-state index contributed by atoms with van der Waals surface area (Å²) in [5, 5.41) is 14.2. The molecule has 0 aliphatic rings. The van der Waals surface area contributed by atoms with Crippen LogP contribution in [-0.4, -0.2) is 14.9 Å². The zero-order chi connectivity index (χ0) is 11.5. The molecule has 2 heterocycles. The van der Waals surface area contributed by atoms with Crippen molar-refractivity contribution in [2.75, 3.05) is 0 Å². The lowest BCUT2D eigenvalue weighted by molar-refractivity contribution is 0.178. The molecular formula is C12H16N2O2. The molecule has 16 heavy (non-hydrogen) atoms. The maximum absolute atomic E-state index is 9.99. The molecule has 0 saturated heterocycles. The van der Waals surface area contributed by atoms with Gasteiger partial charge in [-0.05, 0) is 25.5 Å². The van der Waals surface area contributed by atoms with Gasteiger partial charge in [0.2, 0.25) is 0 Å². The summed E-state index contributed by atoms with van der Waals surface area (Å²) in [5.41, 5.74) is 1.83. The first-order valence-electron chi connectivity index (χ1n) is 5.40. The third kappa shape index (κ3) is 2.33. The number of rotatable bonds is 4. The van der Waals surface area contributed by atoms with Crippen LogP contribution in [0.25, 0.3) is 0 Å². The van der Waals surface area contributed by atoms with Gasteiger partial charge in [0.25, 0.3) is 0 Å². The van der Waals surface area contributed by atoms with E-state index in [0.717, 1.165) is 11.1 Å². The van der Waals surface area contributed by atoms with E-state index in [9.17, 15) is 5.11 Å². The fraction of sp³-hybridized carbons (Fsp3) is 0.417. The maximum Gasteiger partial charge on any atom is 0.0935 e. The molecule has 0 spiro atoms. The van der Waals surface area contributed by atoms with Crippen molar-refractivity contribution in [1.29, 1.82) is 0 Å². The number of nitrogens with zero attached hydrogens (tertiary/aromatic N) is 2. The van der Waals surface area contributed by atoms with Crippen molar-refractivity contribution in [3.63, 3.8) is 0 Å². The smallest absolute Gasteiger partial charge is 0.0935 e. The number of aliphatic hydroxyl groups excluding tert-OH is 1. The largest absolute Gasteiger partial charge is 0.472 e. The van der Waals surface area contributed by atoms with Gasteiger partial charge in [-0.2, -0.15) is 5.10 Å². The maximum atomic E-state index is 9.99. The van der Waals surface area contributed by atoms with Gasteiger partial charge in [0.05, 0.1) is 24.8 Å². The first-order valence-corrected chi connectivity index (χ1v) is 5.40. The summed E-state index contributed by atoms with van der Waals surface area (Å²) in [5.74, 6) is 0. The summed E-state index contributed by atoms with van der Waals surface area (Å²) in [6.45, 7) is 4.11. The van der Waals surface area contributed by atoms with Crippen LogP contribution in [0, 0.1) is 0 Å². The third-order valence-electron chi connectivity index (χ3n) is 2.54. The van der Waals surface area contributed by atoms with Gasteiger partial charge in [-0.3, -0.25) is 4.68 Å². The lowest BCUT2D eigenvalue weighted by Crippen LogP contribution is -2.02. The first kappa shape index (κ1) is 11.0. The predicted octanol–water partition coefficient (Wildman–Crippen LogP) is 2.33. The van der Waals surface area contributed by atoms with E-state index < -0.39 is 6.10 Å². The van der Waals surface area contributed by atoms with Gasteiger partial charge in [0, 0.05) is 24.2 Å². The quantitative estimate of drug-likeness (QED) is 0.860. The van der Waals surface area contributed by atoms with Gasteiger partial charge in [0.15, 0.2) is 0 Å². The van der Waals surface area contributed by atoms with Gasteiger partial charge in [0.1, 0.15) is 0 Å². The minimum atomic E-state index is -0.523. The molecule has 0 aliphatic heterocycles. The van der Waals surface area contributed by atoms with Crippen molar-refractivity contribution in [2.24, 2.45) is 0 Å². The second kappa shape index (κ2) is 4.53. The van der Waals surface area contributed by atoms with Crippen molar-refractivity contribution in [3.05, 3.63) is 42.1 Å². The van der Waals surface area contributed by atoms with Crippen LogP contribution in [0.1, 0.15) is 37.1 Å². The van der Waals surface area contributed by atoms with E-state index >= 15 is 0 Å². The third-order valence-corrected chi connectivity index (χ3v) is 2.54. The minimum absolute atomic E-state index is 0.315. The molecule has 1 atom stereocenters. The van der Waals surface area contributed by atoms with Gasteiger partial charge in [-0.1, -0.05) is 0 Å². The number of aromatic nitrogens is 2. The Bertz CT molecular complexity index is 432. The molecule has 4 heteroatoms. The van der Waals surface area contributed by atoms with Crippen molar-refractivity contribution < 1.29 is 9.52 Å². The molecule has 1 N–H and O–H groups in total. The SMILES string of the molecule is CC(C)n1cc(C(O)Cc2ccoc2)cn1. The molecule has 0 fully saturated rings. The fourth-order valence-electron chi connectivity index (χ4n) is 1.56. The van der Waals surface area contributed by atoms with Crippen LogP contribution in [0.15, 0.2) is 35.4 Å². The molecule has 2 aromatic heterocycles. The van der Waals surface area contributed by atoms with Crippen molar-refractivity contribution >= 4 is 0 Å². The average Bonchev–Trinajstić information content (AvgIpc) is 2.86. The van der Waals surface area contributed by atoms with E-state index in [1.165, 1.54) is 0 Å². The molecule has 0 bridgehead atoms. The zero-order valence-corrected chi connectivity index (χ0v) is 9.50. The highest BCUT2D eigenvalue weighted by atomic mass is 16.3. The van der Waals surface area contributed by atoms with Crippen LogP contribution in [0.4, 0.5) is 0 Å². The van der Waals surface area contributed by atoms with Gasteiger partial charge < -0.3 is 9.52 Å². The topological polar surface area (TPSA) is 51.2 Å². The molecule has 0 saturated carbocycles. The first-order chi connectivity index (χ1) is 7.66. The van der Waals surface area contributed by atoms with Crippen molar-refractivity contribution in [1.82, 2.24) is 9.78 Å². The summed E-state index contributed by atoms with van der Waals surface area (Å²) in [6.07, 6.45) is 6.89. The average molecular weight is 220 g/mol. The molecule has 0 radical (unpaired) electrons. The molecule has 4 nitrogen and oxygen atoms in total. The van der Waals surface area contributed by atoms with E-state index in [2.05, 4.69) is 18.9 Å². The Kier molecular flexibility index (Phi) is 3.10. The predicted molar refractivity (Wildman–Crippen MR) is 60.0 cm³/mol. The Morgan fingerprint density at radius 2 is 2.31 bits per heavy atom. The van der Waals surface area contributed by atoms with E-state index in [4.69, 9.17) is 4.42 Å². The second-order valence-electron chi connectivity index (χ2n) is 4.20. The van der Waals surface area contributed by atoms with Gasteiger partial charge in [-0.25, -0.2) is 0 Å². The lowest BCUT2D eigenvalue weighted by atomic mass is 10.1. The number of furan rings is 1.